The molecule has 0 unspecified atom stereocenters. The van der Waals surface area contributed by atoms with Gasteiger partial charge in [-0.05, 0) is 38.1 Å². The van der Waals surface area contributed by atoms with Crippen LogP contribution in [0.1, 0.15) is 36.7 Å². The van der Waals surface area contributed by atoms with Crippen LogP contribution in [0.25, 0.3) is 0 Å². The van der Waals surface area contributed by atoms with Gasteiger partial charge in [0.1, 0.15) is 0 Å². The number of piperazine rings is 1. The van der Waals surface area contributed by atoms with Crippen LogP contribution >= 0.6 is 0 Å². The molecule has 24 heavy (non-hydrogen) atoms. The summed E-state index contributed by atoms with van der Waals surface area (Å²) in [7, 11) is 0. The molecular weight excluding hydrogens is 300 g/mol. The third-order valence-electron chi connectivity index (χ3n) is 4.66. The number of nitrogens with one attached hydrogen (secondary N) is 2. The summed E-state index contributed by atoms with van der Waals surface area (Å²) >= 11 is 0. The molecule has 0 bridgehead atoms. The van der Waals surface area contributed by atoms with E-state index in [2.05, 4.69) is 53.3 Å². The van der Waals surface area contributed by atoms with Gasteiger partial charge in [-0.25, -0.2) is 0 Å². The van der Waals surface area contributed by atoms with Gasteiger partial charge in [0.15, 0.2) is 0 Å². The standard InChI is InChI=1S/C19H32N4O/c1-4-23(16(2)3)15-17-5-7-18(8-6-17)19(24)21-11-14-22-12-9-20-10-13-22/h5-8,16,20H,4,9-15H2,1-3H3,(H,21,24). The second kappa shape index (κ2) is 9.77. The maximum Gasteiger partial charge on any atom is 0.251 e. The van der Waals surface area contributed by atoms with Gasteiger partial charge in [0, 0.05) is 57.4 Å². The number of carbonyl (C=O) groups is 1. The van der Waals surface area contributed by atoms with Gasteiger partial charge in [0.2, 0.25) is 0 Å². The van der Waals surface area contributed by atoms with E-state index in [4.69, 9.17) is 0 Å². The van der Waals surface area contributed by atoms with Crippen LogP contribution in [0.5, 0.6) is 0 Å². The Labute approximate surface area is 146 Å². The molecule has 1 saturated heterocycles. The molecule has 5 nitrogen and oxygen atoms in total. The first-order chi connectivity index (χ1) is 11.6. The summed E-state index contributed by atoms with van der Waals surface area (Å²) in [6, 6.07) is 8.53. The Morgan fingerprint density at radius 1 is 1.25 bits per heavy atom. The summed E-state index contributed by atoms with van der Waals surface area (Å²) in [5, 5.41) is 6.36. The second-order valence-electron chi connectivity index (χ2n) is 6.70. The highest BCUT2D eigenvalue weighted by atomic mass is 16.1. The van der Waals surface area contributed by atoms with Crippen LogP contribution in [0.3, 0.4) is 0 Å². The molecule has 2 rings (SSSR count). The van der Waals surface area contributed by atoms with Crippen molar-refractivity contribution in [1.29, 1.82) is 0 Å². The SMILES string of the molecule is CCN(Cc1ccc(C(=O)NCCN2CCNCC2)cc1)C(C)C. The number of benzene rings is 1. The van der Waals surface area contributed by atoms with Crippen LogP contribution in [0.4, 0.5) is 0 Å². The van der Waals surface area contributed by atoms with E-state index < -0.39 is 0 Å². The van der Waals surface area contributed by atoms with Crippen LogP contribution in [-0.4, -0.2) is 67.6 Å². The van der Waals surface area contributed by atoms with E-state index >= 15 is 0 Å². The topological polar surface area (TPSA) is 47.6 Å². The molecule has 1 amide bonds. The van der Waals surface area contributed by atoms with Crippen molar-refractivity contribution in [2.45, 2.75) is 33.4 Å². The first-order valence-electron chi connectivity index (χ1n) is 9.14. The molecule has 0 atom stereocenters. The molecule has 1 fully saturated rings. The number of hydrogen-bond acceptors (Lipinski definition) is 4. The first-order valence-corrected chi connectivity index (χ1v) is 9.14. The van der Waals surface area contributed by atoms with E-state index in [1.54, 1.807) is 0 Å². The quantitative estimate of drug-likeness (QED) is 0.758. The fraction of sp³-hybridized carbons (Fsp3) is 0.632. The maximum absolute atomic E-state index is 12.2. The van der Waals surface area contributed by atoms with Crippen molar-refractivity contribution in [3.8, 4) is 0 Å². The molecule has 0 spiro atoms. The largest absolute Gasteiger partial charge is 0.351 e. The normalized spacial score (nSPS) is 15.9. The number of carbonyl (C=O) groups excluding carboxylic acids is 1. The fourth-order valence-electron chi connectivity index (χ4n) is 3.02. The minimum absolute atomic E-state index is 0.0212. The zero-order chi connectivity index (χ0) is 17.4. The van der Waals surface area contributed by atoms with E-state index in [1.807, 2.05) is 12.1 Å². The Bertz CT molecular complexity index is 495. The second-order valence-corrected chi connectivity index (χ2v) is 6.70. The Morgan fingerprint density at radius 2 is 1.92 bits per heavy atom. The molecule has 0 saturated carbocycles. The number of rotatable bonds is 8. The molecule has 1 aromatic carbocycles. The van der Waals surface area contributed by atoms with E-state index in [1.165, 1.54) is 5.56 Å². The minimum atomic E-state index is 0.0212. The summed E-state index contributed by atoms with van der Waals surface area (Å²) in [5.74, 6) is 0.0212. The Balaban J connectivity index is 1.78. The molecule has 0 aromatic heterocycles. The van der Waals surface area contributed by atoms with Crippen LogP contribution in [-0.2, 0) is 6.54 Å². The van der Waals surface area contributed by atoms with E-state index in [0.29, 0.717) is 12.6 Å². The predicted octanol–water partition coefficient (Wildman–Crippen LogP) is 1.55. The third kappa shape index (κ3) is 5.89. The molecule has 1 heterocycles. The summed E-state index contributed by atoms with van der Waals surface area (Å²) in [5.41, 5.74) is 1.99. The predicted molar refractivity (Wildman–Crippen MR) is 99.3 cm³/mol. The van der Waals surface area contributed by atoms with Crippen molar-refractivity contribution >= 4 is 5.91 Å². The lowest BCUT2D eigenvalue weighted by molar-refractivity contribution is 0.0947. The van der Waals surface area contributed by atoms with Crippen molar-refractivity contribution < 1.29 is 4.79 Å². The Hall–Kier alpha value is -1.43. The third-order valence-corrected chi connectivity index (χ3v) is 4.66. The smallest absolute Gasteiger partial charge is 0.251 e. The highest BCUT2D eigenvalue weighted by molar-refractivity contribution is 5.94. The summed E-state index contributed by atoms with van der Waals surface area (Å²) in [6.45, 7) is 14.4. The van der Waals surface area contributed by atoms with Crippen molar-refractivity contribution in [3.63, 3.8) is 0 Å². The van der Waals surface area contributed by atoms with Gasteiger partial charge >= 0.3 is 0 Å². The lowest BCUT2D eigenvalue weighted by atomic mass is 10.1. The van der Waals surface area contributed by atoms with Gasteiger partial charge in [-0.1, -0.05) is 19.1 Å². The van der Waals surface area contributed by atoms with Gasteiger partial charge in [0.25, 0.3) is 5.91 Å². The summed E-state index contributed by atoms with van der Waals surface area (Å²) in [6.07, 6.45) is 0. The monoisotopic (exact) mass is 332 g/mol. The minimum Gasteiger partial charge on any atom is -0.351 e. The average Bonchev–Trinajstić information content (AvgIpc) is 2.60. The average molecular weight is 332 g/mol. The zero-order valence-corrected chi connectivity index (χ0v) is 15.3. The van der Waals surface area contributed by atoms with Gasteiger partial charge < -0.3 is 10.6 Å². The molecule has 134 valence electrons. The highest BCUT2D eigenvalue weighted by Gasteiger charge is 2.11. The Morgan fingerprint density at radius 3 is 2.50 bits per heavy atom. The summed E-state index contributed by atoms with van der Waals surface area (Å²) < 4.78 is 0. The highest BCUT2D eigenvalue weighted by Crippen LogP contribution is 2.10. The van der Waals surface area contributed by atoms with E-state index in [-0.39, 0.29) is 5.91 Å². The molecule has 1 aliphatic heterocycles. The Kier molecular flexibility index (Phi) is 7.69. The van der Waals surface area contributed by atoms with Crippen LogP contribution in [0, 0.1) is 0 Å². The van der Waals surface area contributed by atoms with Gasteiger partial charge in [-0.2, -0.15) is 0 Å². The lowest BCUT2D eigenvalue weighted by Gasteiger charge is -2.27. The number of amides is 1. The van der Waals surface area contributed by atoms with E-state index in [9.17, 15) is 4.79 Å². The van der Waals surface area contributed by atoms with E-state index in [0.717, 1.165) is 51.4 Å². The molecule has 0 radical (unpaired) electrons. The van der Waals surface area contributed by atoms with Gasteiger partial charge in [-0.15, -0.1) is 0 Å². The fourth-order valence-corrected chi connectivity index (χ4v) is 3.02. The summed E-state index contributed by atoms with van der Waals surface area (Å²) in [4.78, 5) is 17.0. The van der Waals surface area contributed by atoms with Crippen LogP contribution in [0.15, 0.2) is 24.3 Å². The number of nitrogens with zero attached hydrogens (tertiary/aromatic N) is 2. The molecule has 2 N–H and O–H groups in total. The van der Waals surface area contributed by atoms with Crippen LogP contribution in [0.2, 0.25) is 0 Å². The van der Waals surface area contributed by atoms with Crippen molar-refractivity contribution in [2.24, 2.45) is 0 Å². The van der Waals surface area contributed by atoms with Crippen LogP contribution < -0.4 is 10.6 Å². The molecular formula is C19H32N4O. The van der Waals surface area contributed by atoms with Gasteiger partial charge in [-0.3, -0.25) is 14.6 Å². The van der Waals surface area contributed by atoms with Crippen molar-refractivity contribution in [3.05, 3.63) is 35.4 Å². The van der Waals surface area contributed by atoms with Crippen molar-refractivity contribution in [1.82, 2.24) is 20.4 Å². The zero-order valence-electron chi connectivity index (χ0n) is 15.3. The lowest BCUT2D eigenvalue weighted by Crippen LogP contribution is -2.46. The molecule has 0 aliphatic carbocycles. The maximum atomic E-state index is 12.2. The van der Waals surface area contributed by atoms with Crippen molar-refractivity contribution in [2.75, 3.05) is 45.8 Å². The molecule has 1 aliphatic rings. The molecule has 5 heteroatoms. The number of hydrogen-bond donors (Lipinski definition) is 2. The first kappa shape index (κ1) is 18.9. The molecule has 1 aromatic rings. The van der Waals surface area contributed by atoms with Gasteiger partial charge in [0.05, 0.1) is 0 Å².